The van der Waals surface area contributed by atoms with Gasteiger partial charge in [-0.1, -0.05) is 6.58 Å². The highest BCUT2D eigenvalue weighted by Crippen LogP contribution is 2.19. The summed E-state index contributed by atoms with van der Waals surface area (Å²) in [4.78, 5) is 8.43. The van der Waals surface area contributed by atoms with Crippen molar-refractivity contribution in [2.75, 3.05) is 25.5 Å². The number of anilines is 1. The van der Waals surface area contributed by atoms with Gasteiger partial charge in [-0.2, -0.15) is 0 Å². The number of aryl methyl sites for hydroxylation is 1. The second-order valence-electron chi connectivity index (χ2n) is 4.35. The molecule has 0 aliphatic rings. The third kappa shape index (κ3) is 5.59. The van der Waals surface area contributed by atoms with Crippen molar-refractivity contribution >= 4 is 5.82 Å². The highest BCUT2D eigenvalue weighted by Gasteiger charge is 2.04. The number of unbranched alkanes of at least 4 members (excludes halogenated alkanes) is 1. The van der Waals surface area contributed by atoms with Crippen LogP contribution in [0.4, 0.5) is 5.82 Å². The highest BCUT2D eigenvalue weighted by molar-refractivity contribution is 5.48. The van der Waals surface area contributed by atoms with Gasteiger partial charge in [0.1, 0.15) is 5.82 Å². The zero-order valence-electron chi connectivity index (χ0n) is 12.1. The van der Waals surface area contributed by atoms with E-state index in [9.17, 15) is 0 Å². The molecule has 5 nitrogen and oxygen atoms in total. The Kier molecular flexibility index (Phi) is 6.71. The van der Waals surface area contributed by atoms with Gasteiger partial charge in [0.05, 0.1) is 13.3 Å². The van der Waals surface area contributed by atoms with Crippen LogP contribution in [0.1, 0.15) is 32.0 Å². The van der Waals surface area contributed by atoms with Crippen molar-refractivity contribution < 1.29 is 4.74 Å². The van der Waals surface area contributed by atoms with Gasteiger partial charge >= 0.3 is 0 Å². The maximum absolute atomic E-state index is 5.22. The molecule has 0 unspecified atom stereocenters. The van der Waals surface area contributed by atoms with Crippen LogP contribution in [-0.4, -0.2) is 30.2 Å². The molecular weight excluding hydrogens is 240 g/mol. The Bertz CT molecular complexity index is 406. The third-order valence-corrected chi connectivity index (χ3v) is 2.72. The van der Waals surface area contributed by atoms with Crippen molar-refractivity contribution in [3.05, 3.63) is 24.3 Å². The van der Waals surface area contributed by atoms with Crippen molar-refractivity contribution in [1.29, 1.82) is 0 Å². The number of hydrogen-bond donors (Lipinski definition) is 2. The summed E-state index contributed by atoms with van der Waals surface area (Å²) in [5.74, 6) is 2.19. The smallest absolute Gasteiger partial charge is 0.179 e. The zero-order valence-corrected chi connectivity index (χ0v) is 12.1. The average molecular weight is 264 g/mol. The van der Waals surface area contributed by atoms with Gasteiger partial charge in [-0.15, -0.1) is 0 Å². The number of aromatic nitrogens is 2. The molecule has 0 aromatic carbocycles. The van der Waals surface area contributed by atoms with Gasteiger partial charge < -0.3 is 15.4 Å². The molecule has 1 rings (SSSR count). The standard InChI is InChI=1S/C14H24N4O/c1-5-15-11(2)8-6-7-9-16-14-13(19-4)10-17-12(3)18-14/h10,15H,2,5-9H2,1,3-4H3,(H,16,17,18). The third-order valence-electron chi connectivity index (χ3n) is 2.72. The molecule has 0 aliphatic heterocycles. The fraction of sp³-hybridized carbons (Fsp3) is 0.571. The fourth-order valence-electron chi connectivity index (χ4n) is 1.74. The number of rotatable bonds is 9. The quantitative estimate of drug-likeness (QED) is 0.671. The summed E-state index contributed by atoms with van der Waals surface area (Å²) in [5, 5.41) is 6.51. The minimum absolute atomic E-state index is 0.683. The number of ether oxygens (including phenoxy) is 1. The highest BCUT2D eigenvalue weighted by atomic mass is 16.5. The molecular formula is C14H24N4O. The lowest BCUT2D eigenvalue weighted by Gasteiger charge is -2.10. The number of hydrogen-bond acceptors (Lipinski definition) is 5. The van der Waals surface area contributed by atoms with Gasteiger partial charge in [0, 0.05) is 18.8 Å². The summed E-state index contributed by atoms with van der Waals surface area (Å²) in [6, 6.07) is 0. The lowest BCUT2D eigenvalue weighted by atomic mass is 10.2. The van der Waals surface area contributed by atoms with Crippen LogP contribution in [0.25, 0.3) is 0 Å². The first-order chi connectivity index (χ1) is 9.17. The van der Waals surface area contributed by atoms with Crippen LogP contribution < -0.4 is 15.4 Å². The van der Waals surface area contributed by atoms with E-state index < -0.39 is 0 Å². The molecule has 1 aromatic heterocycles. The number of allylic oxidation sites excluding steroid dienone is 1. The van der Waals surface area contributed by atoms with Gasteiger partial charge in [-0.05, 0) is 33.1 Å². The van der Waals surface area contributed by atoms with E-state index in [1.54, 1.807) is 13.3 Å². The van der Waals surface area contributed by atoms with E-state index >= 15 is 0 Å². The van der Waals surface area contributed by atoms with E-state index in [-0.39, 0.29) is 0 Å². The van der Waals surface area contributed by atoms with Crippen molar-refractivity contribution in [1.82, 2.24) is 15.3 Å². The van der Waals surface area contributed by atoms with Crippen molar-refractivity contribution in [2.24, 2.45) is 0 Å². The minimum Gasteiger partial charge on any atom is -0.491 e. The molecule has 106 valence electrons. The van der Waals surface area contributed by atoms with Crippen LogP contribution in [0, 0.1) is 6.92 Å². The van der Waals surface area contributed by atoms with Crippen LogP contribution in [0.3, 0.4) is 0 Å². The molecule has 0 bridgehead atoms. The molecule has 0 saturated heterocycles. The monoisotopic (exact) mass is 264 g/mol. The lowest BCUT2D eigenvalue weighted by molar-refractivity contribution is 0.412. The predicted molar refractivity (Wildman–Crippen MR) is 78.5 cm³/mol. The summed E-state index contributed by atoms with van der Waals surface area (Å²) in [7, 11) is 1.62. The maximum Gasteiger partial charge on any atom is 0.179 e. The molecule has 0 spiro atoms. The van der Waals surface area contributed by atoms with E-state index in [2.05, 4.69) is 34.1 Å². The molecule has 0 saturated carbocycles. The molecule has 1 aromatic rings. The molecule has 1 heterocycles. The fourth-order valence-corrected chi connectivity index (χ4v) is 1.74. The van der Waals surface area contributed by atoms with E-state index in [1.807, 2.05) is 6.92 Å². The molecule has 5 heteroatoms. The van der Waals surface area contributed by atoms with E-state index in [0.29, 0.717) is 5.75 Å². The first-order valence-corrected chi connectivity index (χ1v) is 6.70. The van der Waals surface area contributed by atoms with Gasteiger partial charge in [0.25, 0.3) is 0 Å². The molecule has 19 heavy (non-hydrogen) atoms. The second kappa shape index (κ2) is 8.34. The maximum atomic E-state index is 5.22. The van der Waals surface area contributed by atoms with Crippen molar-refractivity contribution in [3.63, 3.8) is 0 Å². The predicted octanol–water partition coefficient (Wildman–Crippen LogP) is 2.50. The Morgan fingerprint density at radius 3 is 2.89 bits per heavy atom. The Morgan fingerprint density at radius 1 is 1.42 bits per heavy atom. The molecule has 2 N–H and O–H groups in total. The van der Waals surface area contributed by atoms with Crippen LogP contribution in [0.15, 0.2) is 18.5 Å². The van der Waals surface area contributed by atoms with Gasteiger partial charge in [0.15, 0.2) is 11.6 Å². The zero-order chi connectivity index (χ0) is 14.1. The molecule has 0 amide bonds. The average Bonchev–Trinajstić information content (AvgIpc) is 2.39. The second-order valence-corrected chi connectivity index (χ2v) is 4.35. The Hall–Kier alpha value is -1.78. The van der Waals surface area contributed by atoms with Crippen LogP contribution in [-0.2, 0) is 0 Å². The van der Waals surface area contributed by atoms with E-state index in [0.717, 1.165) is 49.7 Å². The Labute approximate surface area is 115 Å². The largest absolute Gasteiger partial charge is 0.491 e. The summed E-state index contributed by atoms with van der Waals surface area (Å²) in [6.45, 7) is 9.72. The van der Waals surface area contributed by atoms with Gasteiger partial charge in [-0.3, -0.25) is 0 Å². The number of methoxy groups -OCH3 is 1. The van der Waals surface area contributed by atoms with Crippen molar-refractivity contribution in [2.45, 2.75) is 33.1 Å². The molecule has 0 aliphatic carbocycles. The normalized spacial score (nSPS) is 10.1. The van der Waals surface area contributed by atoms with Gasteiger partial charge in [0.2, 0.25) is 0 Å². The minimum atomic E-state index is 0.683. The lowest BCUT2D eigenvalue weighted by Crippen LogP contribution is -2.11. The Balaban J connectivity index is 2.29. The summed E-state index contributed by atoms with van der Waals surface area (Å²) in [5.41, 5.74) is 1.11. The van der Waals surface area contributed by atoms with Crippen LogP contribution in [0.2, 0.25) is 0 Å². The summed E-state index contributed by atoms with van der Waals surface area (Å²) < 4.78 is 5.22. The van der Waals surface area contributed by atoms with Crippen LogP contribution in [0.5, 0.6) is 5.75 Å². The summed E-state index contributed by atoms with van der Waals surface area (Å²) in [6.07, 6.45) is 4.87. The first-order valence-electron chi connectivity index (χ1n) is 6.70. The topological polar surface area (TPSA) is 59.1 Å². The SMILES string of the molecule is C=C(CCCCNc1nc(C)ncc1OC)NCC. The number of nitrogens with zero attached hydrogens (tertiary/aromatic N) is 2. The van der Waals surface area contributed by atoms with E-state index in [4.69, 9.17) is 4.74 Å². The van der Waals surface area contributed by atoms with E-state index in [1.165, 1.54) is 0 Å². The van der Waals surface area contributed by atoms with Crippen molar-refractivity contribution in [3.8, 4) is 5.75 Å². The molecule has 0 atom stereocenters. The number of nitrogens with one attached hydrogen (secondary N) is 2. The first kappa shape index (κ1) is 15.3. The van der Waals surface area contributed by atoms with Crippen LogP contribution >= 0.6 is 0 Å². The molecule has 0 radical (unpaired) electrons. The molecule has 0 fully saturated rings. The van der Waals surface area contributed by atoms with Gasteiger partial charge in [-0.25, -0.2) is 9.97 Å². The Morgan fingerprint density at radius 2 is 2.21 bits per heavy atom. The summed E-state index contributed by atoms with van der Waals surface area (Å²) >= 11 is 0.